The van der Waals surface area contributed by atoms with Crippen LogP contribution in [0.15, 0.2) is 18.2 Å². The fourth-order valence-corrected chi connectivity index (χ4v) is 3.06. The summed E-state index contributed by atoms with van der Waals surface area (Å²) < 4.78 is 24.8. The Kier molecular flexibility index (Phi) is 4.63. The van der Waals surface area contributed by atoms with E-state index >= 15 is 0 Å². The first-order chi connectivity index (χ1) is 11.1. The molecule has 2 heterocycles. The number of benzene rings is 1. The van der Waals surface area contributed by atoms with E-state index in [1.54, 1.807) is 6.07 Å². The average Bonchev–Trinajstić information content (AvgIpc) is 3.07. The van der Waals surface area contributed by atoms with Gasteiger partial charge < -0.3 is 19.8 Å². The van der Waals surface area contributed by atoms with Gasteiger partial charge in [0.2, 0.25) is 5.91 Å². The predicted octanol–water partition coefficient (Wildman–Crippen LogP) is 2.08. The van der Waals surface area contributed by atoms with E-state index in [2.05, 4.69) is 10.3 Å². The number of fused-ring (bicyclic) bond motifs is 1. The van der Waals surface area contributed by atoms with Crippen molar-refractivity contribution in [2.75, 3.05) is 19.8 Å². The fourth-order valence-electron chi connectivity index (χ4n) is 3.06. The van der Waals surface area contributed by atoms with E-state index in [0.29, 0.717) is 25.3 Å². The lowest BCUT2D eigenvalue weighted by Gasteiger charge is -2.18. The number of hydrogen-bond donors (Lipinski definition) is 2. The molecule has 2 atom stereocenters. The lowest BCUT2D eigenvalue weighted by molar-refractivity contribution is -0.121. The maximum Gasteiger partial charge on any atom is 0.224 e. The molecule has 0 bridgehead atoms. The van der Waals surface area contributed by atoms with Crippen LogP contribution in [-0.4, -0.2) is 42.9 Å². The summed E-state index contributed by atoms with van der Waals surface area (Å²) in [5, 5.41) is 3.71. The lowest BCUT2D eigenvalue weighted by Crippen LogP contribution is -2.44. The third kappa shape index (κ3) is 3.23. The van der Waals surface area contributed by atoms with Crippen LogP contribution in [0.5, 0.6) is 0 Å². The van der Waals surface area contributed by atoms with Crippen LogP contribution >= 0.6 is 0 Å². The van der Waals surface area contributed by atoms with Gasteiger partial charge in [-0.3, -0.25) is 4.79 Å². The number of rotatable bonds is 5. The van der Waals surface area contributed by atoms with Gasteiger partial charge in [-0.25, -0.2) is 4.39 Å². The molecule has 2 unspecified atom stereocenters. The zero-order valence-electron chi connectivity index (χ0n) is 13.3. The number of aromatic nitrogens is 1. The quantitative estimate of drug-likeness (QED) is 0.886. The number of aryl methyl sites for hydroxylation is 1. The molecule has 1 amide bonds. The van der Waals surface area contributed by atoms with Crippen LogP contribution in [0.2, 0.25) is 0 Å². The number of ether oxygens (including phenoxy) is 2. The minimum Gasteiger partial charge on any atom is -0.376 e. The SMILES string of the molecule is CCOC1COCC1NC(=O)Cc1c(C)[nH]c2c(F)cccc12. The Balaban J connectivity index is 1.73. The standard InChI is InChI=1S/C17H21FN2O3/c1-3-23-15-9-22-8-14(15)20-16(21)7-12-10(2)19-17-11(12)5-4-6-13(17)18/h4-6,14-15,19H,3,7-9H2,1-2H3,(H,20,21). The van der Waals surface area contributed by atoms with Crippen molar-refractivity contribution in [2.45, 2.75) is 32.4 Å². The summed E-state index contributed by atoms with van der Waals surface area (Å²) in [6, 6.07) is 4.75. The normalized spacial score (nSPS) is 21.0. The summed E-state index contributed by atoms with van der Waals surface area (Å²) in [6.45, 7) is 5.31. The second-order valence-corrected chi connectivity index (χ2v) is 5.77. The first-order valence-electron chi connectivity index (χ1n) is 7.84. The fraction of sp³-hybridized carbons (Fsp3) is 0.471. The third-order valence-electron chi connectivity index (χ3n) is 4.20. The van der Waals surface area contributed by atoms with Gasteiger partial charge >= 0.3 is 0 Å². The zero-order valence-corrected chi connectivity index (χ0v) is 13.3. The minimum absolute atomic E-state index is 0.106. The molecule has 2 N–H and O–H groups in total. The Morgan fingerprint density at radius 3 is 3.09 bits per heavy atom. The number of amides is 1. The van der Waals surface area contributed by atoms with Crippen molar-refractivity contribution < 1.29 is 18.7 Å². The van der Waals surface area contributed by atoms with Crippen LogP contribution in [0.25, 0.3) is 10.9 Å². The topological polar surface area (TPSA) is 63.4 Å². The van der Waals surface area contributed by atoms with Crippen molar-refractivity contribution >= 4 is 16.8 Å². The number of carbonyl (C=O) groups excluding carboxylic acids is 1. The number of nitrogens with one attached hydrogen (secondary N) is 2. The molecular formula is C17H21FN2O3. The summed E-state index contributed by atoms with van der Waals surface area (Å²) in [6.07, 6.45) is 0.0930. The summed E-state index contributed by atoms with van der Waals surface area (Å²) in [7, 11) is 0. The number of hydrogen-bond acceptors (Lipinski definition) is 3. The van der Waals surface area contributed by atoms with E-state index in [4.69, 9.17) is 9.47 Å². The molecule has 3 rings (SSSR count). The van der Waals surface area contributed by atoms with E-state index < -0.39 is 0 Å². The highest BCUT2D eigenvalue weighted by Gasteiger charge is 2.30. The van der Waals surface area contributed by atoms with E-state index in [0.717, 1.165) is 16.6 Å². The van der Waals surface area contributed by atoms with Crippen LogP contribution in [0.3, 0.4) is 0 Å². The molecule has 124 valence electrons. The van der Waals surface area contributed by atoms with Gasteiger partial charge in [0.15, 0.2) is 0 Å². The first-order valence-corrected chi connectivity index (χ1v) is 7.84. The summed E-state index contributed by atoms with van der Waals surface area (Å²) in [5.41, 5.74) is 2.08. The van der Waals surface area contributed by atoms with Gasteiger partial charge in [0.25, 0.3) is 0 Å². The highest BCUT2D eigenvalue weighted by Crippen LogP contribution is 2.24. The zero-order chi connectivity index (χ0) is 16.4. The van der Waals surface area contributed by atoms with Gasteiger partial charge in [-0.15, -0.1) is 0 Å². The van der Waals surface area contributed by atoms with E-state index in [1.807, 2.05) is 19.9 Å². The third-order valence-corrected chi connectivity index (χ3v) is 4.20. The van der Waals surface area contributed by atoms with E-state index in [9.17, 15) is 9.18 Å². The summed E-state index contributed by atoms with van der Waals surface area (Å²) >= 11 is 0. The van der Waals surface area contributed by atoms with Crippen LogP contribution in [0, 0.1) is 12.7 Å². The molecule has 0 radical (unpaired) electrons. The molecule has 1 aromatic carbocycles. The largest absolute Gasteiger partial charge is 0.376 e. The molecule has 1 fully saturated rings. The van der Waals surface area contributed by atoms with Crippen molar-refractivity contribution in [3.63, 3.8) is 0 Å². The first kappa shape index (κ1) is 16.0. The molecule has 1 aliphatic heterocycles. The monoisotopic (exact) mass is 320 g/mol. The summed E-state index contributed by atoms with van der Waals surface area (Å²) in [5.74, 6) is -0.420. The van der Waals surface area contributed by atoms with Crippen LogP contribution in [0.1, 0.15) is 18.2 Å². The predicted molar refractivity (Wildman–Crippen MR) is 84.9 cm³/mol. The van der Waals surface area contributed by atoms with Gasteiger partial charge in [0.1, 0.15) is 11.9 Å². The molecule has 23 heavy (non-hydrogen) atoms. The number of carbonyl (C=O) groups is 1. The van der Waals surface area contributed by atoms with Crippen LogP contribution in [0.4, 0.5) is 4.39 Å². The van der Waals surface area contributed by atoms with Gasteiger partial charge in [-0.1, -0.05) is 12.1 Å². The molecule has 1 saturated heterocycles. The summed E-state index contributed by atoms with van der Waals surface area (Å²) in [4.78, 5) is 15.4. The van der Waals surface area contributed by atoms with Gasteiger partial charge in [0, 0.05) is 17.7 Å². The molecule has 1 aliphatic rings. The van der Waals surface area contributed by atoms with Crippen molar-refractivity contribution in [3.8, 4) is 0 Å². The Morgan fingerprint density at radius 1 is 1.48 bits per heavy atom. The van der Waals surface area contributed by atoms with Crippen molar-refractivity contribution in [1.29, 1.82) is 0 Å². The molecule has 0 aliphatic carbocycles. The average molecular weight is 320 g/mol. The van der Waals surface area contributed by atoms with Crippen LogP contribution in [-0.2, 0) is 20.7 Å². The maximum absolute atomic E-state index is 13.8. The number of H-pyrrole nitrogens is 1. The lowest BCUT2D eigenvalue weighted by atomic mass is 10.1. The minimum atomic E-state index is -0.308. The van der Waals surface area contributed by atoms with Gasteiger partial charge in [-0.05, 0) is 25.5 Å². The Hall–Kier alpha value is -1.92. The molecule has 5 nitrogen and oxygen atoms in total. The van der Waals surface area contributed by atoms with Crippen molar-refractivity contribution in [3.05, 3.63) is 35.3 Å². The maximum atomic E-state index is 13.8. The Morgan fingerprint density at radius 2 is 2.30 bits per heavy atom. The Bertz CT molecular complexity index is 713. The highest BCUT2D eigenvalue weighted by atomic mass is 19.1. The Labute approximate surface area is 134 Å². The molecule has 2 aromatic rings. The smallest absolute Gasteiger partial charge is 0.224 e. The van der Waals surface area contributed by atoms with Crippen LogP contribution < -0.4 is 5.32 Å². The van der Waals surface area contributed by atoms with Gasteiger partial charge in [0.05, 0.1) is 31.2 Å². The molecule has 6 heteroatoms. The molecule has 1 aromatic heterocycles. The molecule has 0 spiro atoms. The molecular weight excluding hydrogens is 299 g/mol. The number of para-hydroxylation sites is 1. The second kappa shape index (κ2) is 6.68. The molecule has 0 saturated carbocycles. The number of halogens is 1. The van der Waals surface area contributed by atoms with Crippen molar-refractivity contribution in [1.82, 2.24) is 10.3 Å². The number of aromatic amines is 1. The van der Waals surface area contributed by atoms with E-state index in [-0.39, 0.29) is 30.3 Å². The van der Waals surface area contributed by atoms with E-state index in [1.165, 1.54) is 6.07 Å². The highest BCUT2D eigenvalue weighted by molar-refractivity contribution is 5.90. The van der Waals surface area contributed by atoms with Crippen molar-refractivity contribution in [2.24, 2.45) is 0 Å². The van der Waals surface area contributed by atoms with Gasteiger partial charge in [-0.2, -0.15) is 0 Å². The second-order valence-electron chi connectivity index (χ2n) is 5.77.